The second kappa shape index (κ2) is 8.61. The Labute approximate surface area is 162 Å². The number of amides is 2. The molecule has 7 heteroatoms. The van der Waals surface area contributed by atoms with Crippen LogP contribution in [0.1, 0.15) is 44.6 Å². The van der Waals surface area contributed by atoms with E-state index in [1.807, 2.05) is 15.6 Å². The summed E-state index contributed by atoms with van der Waals surface area (Å²) in [5.41, 5.74) is 0. The zero-order valence-corrected chi connectivity index (χ0v) is 16.6. The van der Waals surface area contributed by atoms with E-state index < -0.39 is 0 Å². The Morgan fingerprint density at radius 2 is 1.89 bits per heavy atom. The quantitative estimate of drug-likeness (QED) is 0.880. The van der Waals surface area contributed by atoms with Crippen LogP contribution >= 0.6 is 0 Å². The Morgan fingerprint density at radius 1 is 1.11 bits per heavy atom. The average molecular weight is 375 g/mol. The minimum Gasteiger partial charge on any atom is -0.322 e. The summed E-state index contributed by atoms with van der Waals surface area (Å²) in [5, 5.41) is 7.55. The molecule has 1 N–H and O–H groups in total. The van der Waals surface area contributed by atoms with Crippen LogP contribution in [0.25, 0.3) is 0 Å². The van der Waals surface area contributed by atoms with Crippen molar-refractivity contribution in [1.29, 1.82) is 0 Å². The molecule has 0 aromatic carbocycles. The number of hydrogen-bond donors (Lipinski definition) is 1. The summed E-state index contributed by atoms with van der Waals surface area (Å²) in [7, 11) is 2.23. The molecule has 1 saturated carbocycles. The molecule has 1 aromatic heterocycles. The molecular formula is C20H34N6O. The van der Waals surface area contributed by atoms with Crippen molar-refractivity contribution in [2.75, 3.05) is 58.2 Å². The number of nitrogens with zero attached hydrogens (tertiary/aromatic N) is 5. The van der Waals surface area contributed by atoms with Crippen LogP contribution in [-0.2, 0) is 0 Å². The van der Waals surface area contributed by atoms with Crippen molar-refractivity contribution in [3.8, 4) is 0 Å². The van der Waals surface area contributed by atoms with E-state index in [9.17, 15) is 4.79 Å². The molecule has 0 bridgehead atoms. The Kier molecular flexibility index (Phi) is 5.98. The predicted molar refractivity (Wildman–Crippen MR) is 107 cm³/mol. The number of aromatic nitrogens is 2. The van der Waals surface area contributed by atoms with Crippen molar-refractivity contribution >= 4 is 11.8 Å². The maximum Gasteiger partial charge on any atom is 0.323 e. The number of likely N-dealkylation sites (tertiary alicyclic amines) is 1. The molecule has 7 nitrogen and oxygen atoms in total. The van der Waals surface area contributed by atoms with Crippen LogP contribution < -0.4 is 5.32 Å². The Bertz CT molecular complexity index is 618. The number of nitrogens with one attached hydrogen (secondary N) is 1. The molecule has 3 heterocycles. The summed E-state index contributed by atoms with van der Waals surface area (Å²) in [6, 6.07) is 2.39. The van der Waals surface area contributed by atoms with Crippen molar-refractivity contribution in [2.24, 2.45) is 5.92 Å². The molecule has 0 spiro atoms. The molecular weight excluding hydrogens is 340 g/mol. The largest absolute Gasteiger partial charge is 0.323 e. The molecule has 2 saturated heterocycles. The van der Waals surface area contributed by atoms with Gasteiger partial charge in [-0.25, -0.2) is 9.48 Å². The van der Waals surface area contributed by atoms with Gasteiger partial charge in [0, 0.05) is 45.3 Å². The lowest BCUT2D eigenvalue weighted by molar-refractivity contribution is 0.109. The lowest BCUT2D eigenvalue weighted by Crippen LogP contribution is -2.52. The Balaban J connectivity index is 1.25. The minimum absolute atomic E-state index is 0.0202. The highest BCUT2D eigenvalue weighted by Gasteiger charge is 2.26. The fourth-order valence-electron chi connectivity index (χ4n) is 4.96. The summed E-state index contributed by atoms with van der Waals surface area (Å²) < 4.78 is 2.01. The highest BCUT2D eigenvalue weighted by atomic mass is 16.2. The van der Waals surface area contributed by atoms with Crippen LogP contribution in [0.15, 0.2) is 12.3 Å². The third-order valence-electron chi connectivity index (χ3n) is 6.47. The summed E-state index contributed by atoms with van der Waals surface area (Å²) in [5.74, 6) is 1.63. The molecule has 0 unspecified atom stereocenters. The van der Waals surface area contributed by atoms with Gasteiger partial charge in [-0.3, -0.25) is 10.2 Å². The van der Waals surface area contributed by atoms with Crippen molar-refractivity contribution in [3.05, 3.63) is 12.3 Å². The number of anilines is 1. The molecule has 3 fully saturated rings. The van der Waals surface area contributed by atoms with Crippen LogP contribution in [0.5, 0.6) is 0 Å². The third kappa shape index (κ3) is 4.63. The smallest absolute Gasteiger partial charge is 0.322 e. The first-order chi connectivity index (χ1) is 13.2. The number of carbonyl (C=O) groups excluding carboxylic acids is 1. The molecule has 1 atom stereocenters. The fourth-order valence-corrected chi connectivity index (χ4v) is 4.96. The van der Waals surface area contributed by atoms with Crippen LogP contribution in [-0.4, -0.2) is 83.4 Å². The van der Waals surface area contributed by atoms with E-state index in [2.05, 4.69) is 27.3 Å². The number of rotatable bonds is 4. The Morgan fingerprint density at radius 3 is 2.63 bits per heavy atom. The van der Waals surface area contributed by atoms with Gasteiger partial charge in [-0.1, -0.05) is 12.8 Å². The zero-order valence-electron chi connectivity index (χ0n) is 16.6. The van der Waals surface area contributed by atoms with E-state index in [1.54, 1.807) is 6.20 Å². The third-order valence-corrected chi connectivity index (χ3v) is 6.47. The van der Waals surface area contributed by atoms with Crippen molar-refractivity contribution < 1.29 is 4.79 Å². The van der Waals surface area contributed by atoms with Crippen molar-refractivity contribution in [2.45, 2.75) is 44.6 Å². The van der Waals surface area contributed by atoms with Gasteiger partial charge in [-0.05, 0) is 45.2 Å². The van der Waals surface area contributed by atoms with Crippen LogP contribution in [0, 0.1) is 5.92 Å². The van der Waals surface area contributed by atoms with E-state index in [1.165, 1.54) is 58.2 Å². The molecule has 27 heavy (non-hydrogen) atoms. The van der Waals surface area contributed by atoms with Crippen LogP contribution in [0.3, 0.4) is 0 Å². The van der Waals surface area contributed by atoms with Gasteiger partial charge in [0.2, 0.25) is 0 Å². The van der Waals surface area contributed by atoms with Crippen molar-refractivity contribution in [1.82, 2.24) is 24.5 Å². The van der Waals surface area contributed by atoms with Gasteiger partial charge in [0.05, 0.1) is 12.2 Å². The van der Waals surface area contributed by atoms with E-state index in [4.69, 9.17) is 0 Å². The topological polar surface area (TPSA) is 56.6 Å². The van der Waals surface area contributed by atoms with E-state index in [0.29, 0.717) is 6.04 Å². The Hall–Kier alpha value is -1.60. The number of carbonyl (C=O) groups is 1. The van der Waals surface area contributed by atoms with Gasteiger partial charge < -0.3 is 9.80 Å². The zero-order chi connectivity index (χ0) is 18.6. The van der Waals surface area contributed by atoms with Crippen LogP contribution in [0.2, 0.25) is 0 Å². The van der Waals surface area contributed by atoms with Gasteiger partial charge in [-0.2, -0.15) is 5.10 Å². The molecule has 3 aliphatic rings. The van der Waals surface area contributed by atoms with Crippen molar-refractivity contribution in [3.63, 3.8) is 0 Å². The maximum absolute atomic E-state index is 12.7. The molecule has 1 aromatic rings. The highest BCUT2D eigenvalue weighted by Crippen LogP contribution is 2.31. The van der Waals surface area contributed by atoms with E-state index in [0.717, 1.165) is 37.9 Å². The number of urea groups is 1. The second-order valence-corrected chi connectivity index (χ2v) is 8.59. The first-order valence-electron chi connectivity index (χ1n) is 10.7. The SMILES string of the molecule is CN1CCC[C@@H](CN2CCN(C(=O)Nc3ccnn3C3CCCC3)CC2)C1. The number of piperidine rings is 1. The minimum atomic E-state index is 0.0202. The number of piperazine rings is 1. The normalized spacial score (nSPS) is 25.8. The molecule has 2 amide bonds. The summed E-state index contributed by atoms with van der Waals surface area (Å²) in [6.45, 7) is 7.21. The highest BCUT2D eigenvalue weighted by molar-refractivity contribution is 5.88. The maximum atomic E-state index is 12.7. The summed E-state index contributed by atoms with van der Waals surface area (Å²) in [6.07, 6.45) is 9.31. The predicted octanol–water partition coefficient (Wildman–Crippen LogP) is 2.49. The second-order valence-electron chi connectivity index (χ2n) is 8.59. The van der Waals surface area contributed by atoms with Crippen LogP contribution in [0.4, 0.5) is 10.6 Å². The summed E-state index contributed by atoms with van der Waals surface area (Å²) in [4.78, 5) is 19.7. The number of hydrogen-bond acceptors (Lipinski definition) is 4. The molecule has 150 valence electrons. The van der Waals surface area contributed by atoms with E-state index in [-0.39, 0.29) is 6.03 Å². The van der Waals surface area contributed by atoms with Gasteiger partial charge in [0.1, 0.15) is 5.82 Å². The molecule has 0 radical (unpaired) electrons. The standard InChI is InChI=1S/C20H34N6O/c1-23-10-4-5-17(15-23)16-24-11-13-25(14-12-24)20(27)22-19-8-9-21-26(19)18-6-2-3-7-18/h8-9,17-18H,2-7,10-16H2,1H3,(H,22,27)/t17-/m1/s1. The first kappa shape index (κ1) is 18.7. The lowest BCUT2D eigenvalue weighted by Gasteiger charge is -2.38. The summed E-state index contributed by atoms with van der Waals surface area (Å²) >= 11 is 0. The van der Waals surface area contributed by atoms with Gasteiger partial charge in [0.25, 0.3) is 0 Å². The molecule has 1 aliphatic carbocycles. The molecule has 4 rings (SSSR count). The first-order valence-corrected chi connectivity index (χ1v) is 10.7. The fraction of sp³-hybridized carbons (Fsp3) is 0.800. The monoisotopic (exact) mass is 374 g/mol. The van der Waals surface area contributed by atoms with Gasteiger partial charge in [0.15, 0.2) is 0 Å². The molecule has 2 aliphatic heterocycles. The van der Waals surface area contributed by atoms with E-state index >= 15 is 0 Å². The average Bonchev–Trinajstić information content (AvgIpc) is 3.33. The van der Waals surface area contributed by atoms with Gasteiger partial charge >= 0.3 is 6.03 Å². The van der Waals surface area contributed by atoms with Gasteiger partial charge in [-0.15, -0.1) is 0 Å². The lowest BCUT2D eigenvalue weighted by atomic mass is 9.97.